The van der Waals surface area contributed by atoms with E-state index in [1.807, 2.05) is 6.07 Å². The maximum atomic E-state index is 12.7. The van der Waals surface area contributed by atoms with E-state index >= 15 is 0 Å². The minimum atomic E-state index is -4.51. The molecule has 0 saturated carbocycles. The van der Waals surface area contributed by atoms with Gasteiger partial charge in [-0.3, -0.25) is 9.59 Å². The van der Waals surface area contributed by atoms with Crippen LogP contribution in [0.3, 0.4) is 0 Å². The number of anilines is 1. The molecule has 0 bridgehead atoms. The van der Waals surface area contributed by atoms with Gasteiger partial charge in [-0.25, -0.2) is 0 Å². The number of Topliss-reactive ketones (excluding diaryl/α,β-unsaturated/α-hetero) is 1. The van der Waals surface area contributed by atoms with E-state index in [0.717, 1.165) is 12.1 Å². The number of halogens is 3. The van der Waals surface area contributed by atoms with E-state index in [1.165, 1.54) is 12.1 Å². The van der Waals surface area contributed by atoms with Gasteiger partial charge in [-0.1, -0.05) is 36.4 Å². The fraction of sp³-hybridized carbons (Fsp3) is 0.211. The maximum absolute atomic E-state index is 12.7. The molecular weight excluding hydrogens is 345 g/mol. The van der Waals surface area contributed by atoms with Crippen molar-refractivity contribution in [2.75, 3.05) is 5.32 Å². The third-order valence-corrected chi connectivity index (χ3v) is 3.66. The van der Waals surface area contributed by atoms with Crippen LogP contribution in [0.5, 0.6) is 0 Å². The molecule has 0 aromatic heterocycles. The Bertz CT molecular complexity index is 827. The zero-order valence-corrected chi connectivity index (χ0v) is 13.6. The lowest BCUT2D eigenvalue weighted by Crippen LogP contribution is -2.17. The van der Waals surface area contributed by atoms with E-state index in [0.29, 0.717) is 5.56 Å². The van der Waals surface area contributed by atoms with Crippen LogP contribution in [0.25, 0.3) is 0 Å². The number of ketones is 1. The normalized spacial score (nSPS) is 12.1. The van der Waals surface area contributed by atoms with E-state index in [1.54, 1.807) is 30.3 Å². The smallest absolute Gasteiger partial charge is 0.326 e. The van der Waals surface area contributed by atoms with Gasteiger partial charge in [-0.05, 0) is 23.8 Å². The number of carbonyl (C=O) groups excluding carboxylic acids is 2. The highest BCUT2D eigenvalue weighted by Crippen LogP contribution is 2.30. The molecule has 2 rings (SSSR count). The maximum Gasteiger partial charge on any atom is 0.416 e. The van der Waals surface area contributed by atoms with Gasteiger partial charge in [-0.15, -0.1) is 0 Å². The van der Waals surface area contributed by atoms with Gasteiger partial charge >= 0.3 is 6.18 Å². The Labute approximate surface area is 148 Å². The summed E-state index contributed by atoms with van der Waals surface area (Å²) in [6, 6.07) is 14.6. The average Bonchev–Trinajstić information content (AvgIpc) is 2.61. The molecule has 4 nitrogen and oxygen atoms in total. The van der Waals surface area contributed by atoms with E-state index in [-0.39, 0.29) is 18.5 Å². The lowest BCUT2D eigenvalue weighted by molar-refractivity contribution is -0.137. The van der Waals surface area contributed by atoms with Crippen molar-refractivity contribution in [3.63, 3.8) is 0 Å². The van der Waals surface area contributed by atoms with Crippen molar-refractivity contribution >= 4 is 17.4 Å². The van der Waals surface area contributed by atoms with Gasteiger partial charge in [0.05, 0.1) is 11.6 Å². The Kier molecular flexibility index (Phi) is 6.12. The van der Waals surface area contributed by atoms with Gasteiger partial charge < -0.3 is 5.32 Å². The molecule has 0 saturated heterocycles. The van der Waals surface area contributed by atoms with E-state index in [2.05, 4.69) is 5.32 Å². The van der Waals surface area contributed by atoms with Gasteiger partial charge in [0.25, 0.3) is 0 Å². The minimum absolute atomic E-state index is 0.00262. The molecule has 2 aromatic rings. The standard InChI is InChI=1S/C19H15F3N2O2/c20-19(21,22)14-7-4-8-15(11-14)24-18(26)10-9-17(25)16(12-23)13-5-2-1-3-6-13/h1-8,11,16H,9-10H2,(H,24,26)/t16-/m1/s1. The quantitative estimate of drug-likeness (QED) is 0.835. The van der Waals surface area contributed by atoms with Gasteiger partial charge in [0.15, 0.2) is 5.78 Å². The fourth-order valence-corrected chi connectivity index (χ4v) is 2.36. The highest BCUT2D eigenvalue weighted by atomic mass is 19.4. The minimum Gasteiger partial charge on any atom is -0.326 e. The summed E-state index contributed by atoms with van der Waals surface area (Å²) < 4.78 is 38.0. The first-order chi connectivity index (χ1) is 12.3. The van der Waals surface area contributed by atoms with E-state index in [4.69, 9.17) is 0 Å². The van der Waals surface area contributed by atoms with Crippen LogP contribution in [0.4, 0.5) is 18.9 Å². The van der Waals surface area contributed by atoms with Crippen molar-refractivity contribution in [3.8, 4) is 6.07 Å². The van der Waals surface area contributed by atoms with Gasteiger partial charge in [0.1, 0.15) is 5.92 Å². The highest BCUT2D eigenvalue weighted by molar-refractivity contribution is 5.95. The first kappa shape index (κ1) is 19.2. The van der Waals surface area contributed by atoms with Crippen molar-refractivity contribution < 1.29 is 22.8 Å². The highest BCUT2D eigenvalue weighted by Gasteiger charge is 2.30. The molecule has 0 fully saturated rings. The molecule has 0 unspecified atom stereocenters. The second-order valence-electron chi connectivity index (χ2n) is 5.57. The predicted octanol–water partition coefficient (Wildman–Crippen LogP) is 4.30. The molecule has 0 spiro atoms. The zero-order chi connectivity index (χ0) is 19.2. The monoisotopic (exact) mass is 360 g/mol. The Hall–Kier alpha value is -3.14. The van der Waals surface area contributed by atoms with Crippen LogP contribution in [-0.2, 0) is 15.8 Å². The molecule has 0 aliphatic carbocycles. The number of alkyl halides is 3. The summed E-state index contributed by atoms with van der Waals surface area (Å²) in [7, 11) is 0. The largest absolute Gasteiger partial charge is 0.416 e. The summed E-state index contributed by atoms with van der Waals surface area (Å²) >= 11 is 0. The number of hydrogen-bond acceptors (Lipinski definition) is 3. The van der Waals surface area contributed by atoms with Crippen LogP contribution in [0.2, 0.25) is 0 Å². The number of carbonyl (C=O) groups is 2. The second-order valence-corrected chi connectivity index (χ2v) is 5.57. The van der Waals surface area contributed by atoms with Crippen LogP contribution in [0.1, 0.15) is 29.9 Å². The van der Waals surface area contributed by atoms with Crippen LogP contribution in [0, 0.1) is 11.3 Å². The molecule has 0 heterocycles. The zero-order valence-electron chi connectivity index (χ0n) is 13.6. The van der Waals surface area contributed by atoms with Crippen LogP contribution >= 0.6 is 0 Å². The number of nitrogens with one attached hydrogen (secondary N) is 1. The Balaban J connectivity index is 1.94. The average molecular weight is 360 g/mol. The fourth-order valence-electron chi connectivity index (χ4n) is 2.36. The number of benzene rings is 2. The number of amides is 1. The van der Waals surface area contributed by atoms with Crippen LogP contribution in [0.15, 0.2) is 54.6 Å². The summed E-state index contributed by atoms with van der Waals surface area (Å²) in [6.45, 7) is 0. The van der Waals surface area contributed by atoms with E-state index < -0.39 is 29.3 Å². The van der Waals surface area contributed by atoms with E-state index in [9.17, 15) is 28.0 Å². The Morgan fingerprint density at radius 1 is 1.04 bits per heavy atom. The first-order valence-corrected chi connectivity index (χ1v) is 7.75. The molecule has 26 heavy (non-hydrogen) atoms. The molecular formula is C19H15F3N2O2. The molecule has 1 atom stereocenters. The van der Waals surface area contributed by atoms with Gasteiger partial charge in [0, 0.05) is 18.5 Å². The number of hydrogen-bond donors (Lipinski definition) is 1. The van der Waals surface area contributed by atoms with Crippen molar-refractivity contribution in [1.82, 2.24) is 0 Å². The second kappa shape index (κ2) is 8.30. The molecule has 7 heteroatoms. The molecule has 2 aromatic carbocycles. The van der Waals surface area contributed by atoms with Crippen LogP contribution in [-0.4, -0.2) is 11.7 Å². The molecule has 0 radical (unpaired) electrons. The lowest BCUT2D eigenvalue weighted by atomic mass is 9.93. The number of rotatable bonds is 6. The Morgan fingerprint density at radius 3 is 2.35 bits per heavy atom. The number of nitrogens with zero attached hydrogens (tertiary/aromatic N) is 1. The third-order valence-electron chi connectivity index (χ3n) is 3.66. The molecule has 0 aliphatic rings. The lowest BCUT2D eigenvalue weighted by Gasteiger charge is -2.11. The summed E-state index contributed by atoms with van der Waals surface area (Å²) in [5, 5.41) is 11.5. The summed E-state index contributed by atoms with van der Waals surface area (Å²) in [4.78, 5) is 24.1. The van der Waals surface area contributed by atoms with Crippen molar-refractivity contribution in [2.24, 2.45) is 0 Å². The third kappa shape index (κ3) is 5.18. The Morgan fingerprint density at radius 2 is 1.73 bits per heavy atom. The summed E-state index contributed by atoms with van der Waals surface area (Å²) in [5.74, 6) is -1.99. The predicted molar refractivity (Wildman–Crippen MR) is 89.1 cm³/mol. The SMILES string of the molecule is N#C[C@@H](C(=O)CCC(=O)Nc1cccc(C(F)(F)F)c1)c1ccccc1. The number of nitriles is 1. The van der Waals surface area contributed by atoms with Crippen LogP contribution < -0.4 is 5.32 Å². The molecule has 0 aliphatic heterocycles. The summed E-state index contributed by atoms with van der Waals surface area (Å²) in [6.07, 6.45) is -4.91. The van der Waals surface area contributed by atoms with Gasteiger partial charge in [-0.2, -0.15) is 18.4 Å². The van der Waals surface area contributed by atoms with Gasteiger partial charge in [0.2, 0.25) is 5.91 Å². The molecule has 134 valence electrons. The van der Waals surface area contributed by atoms with Crippen molar-refractivity contribution in [2.45, 2.75) is 24.9 Å². The first-order valence-electron chi connectivity index (χ1n) is 7.75. The molecule has 1 amide bonds. The topological polar surface area (TPSA) is 70.0 Å². The molecule has 1 N–H and O–H groups in total. The van der Waals surface area contributed by atoms with Crippen molar-refractivity contribution in [3.05, 3.63) is 65.7 Å². The van der Waals surface area contributed by atoms with Crippen molar-refractivity contribution in [1.29, 1.82) is 5.26 Å². The summed E-state index contributed by atoms with van der Waals surface area (Å²) in [5.41, 5.74) is -0.338.